The fraction of sp³-hybridized carbons (Fsp3) is 0.105. The second-order valence-electron chi connectivity index (χ2n) is 6.02. The van der Waals surface area contributed by atoms with Crippen LogP contribution in [0.15, 0.2) is 52.9 Å². The van der Waals surface area contributed by atoms with E-state index in [2.05, 4.69) is 5.32 Å². The molecule has 0 aliphatic carbocycles. The van der Waals surface area contributed by atoms with E-state index >= 15 is 0 Å². The standard InChI is InChI=1S/C19H14ClN3O8/c1-29-12-3-5-15(16(9-12)23(27)28)21-19(24)18-7-4-13(31-18)10-30-17-6-2-11(22(25)26)8-14(17)20/h2-9H,10H2,1H3,(H,21,24). The maximum atomic E-state index is 12.4. The Morgan fingerprint density at radius 2 is 1.87 bits per heavy atom. The number of furan rings is 1. The van der Waals surface area contributed by atoms with Gasteiger partial charge in [-0.2, -0.15) is 0 Å². The van der Waals surface area contributed by atoms with Crippen molar-refractivity contribution in [3.8, 4) is 11.5 Å². The molecule has 3 rings (SSSR count). The number of anilines is 1. The molecule has 1 heterocycles. The van der Waals surface area contributed by atoms with Crippen molar-refractivity contribution in [3.05, 3.63) is 85.3 Å². The van der Waals surface area contributed by atoms with Crippen LogP contribution in [0.1, 0.15) is 16.3 Å². The van der Waals surface area contributed by atoms with Gasteiger partial charge >= 0.3 is 0 Å². The van der Waals surface area contributed by atoms with Crippen molar-refractivity contribution in [1.82, 2.24) is 0 Å². The van der Waals surface area contributed by atoms with Gasteiger partial charge in [-0.25, -0.2) is 0 Å². The normalized spacial score (nSPS) is 10.4. The predicted molar refractivity (Wildman–Crippen MR) is 109 cm³/mol. The molecule has 1 aromatic heterocycles. The van der Waals surface area contributed by atoms with Crippen LogP contribution in [0.3, 0.4) is 0 Å². The summed E-state index contributed by atoms with van der Waals surface area (Å²) in [6.45, 7) is -0.104. The molecule has 0 unspecified atom stereocenters. The van der Waals surface area contributed by atoms with Gasteiger partial charge in [0, 0.05) is 12.1 Å². The molecule has 11 nitrogen and oxygen atoms in total. The Morgan fingerprint density at radius 3 is 2.52 bits per heavy atom. The molecule has 0 aliphatic heterocycles. The van der Waals surface area contributed by atoms with Crippen LogP contribution in [0.5, 0.6) is 11.5 Å². The second-order valence-corrected chi connectivity index (χ2v) is 6.43. The Hall–Kier alpha value is -4.12. The highest BCUT2D eigenvalue weighted by molar-refractivity contribution is 6.32. The summed E-state index contributed by atoms with van der Waals surface area (Å²) in [6.07, 6.45) is 0. The summed E-state index contributed by atoms with van der Waals surface area (Å²) in [5, 5.41) is 24.4. The number of nitro groups is 2. The number of carbonyl (C=O) groups is 1. The molecule has 31 heavy (non-hydrogen) atoms. The summed E-state index contributed by atoms with van der Waals surface area (Å²) in [5.74, 6) is -0.0641. The van der Waals surface area contributed by atoms with E-state index in [0.29, 0.717) is 0 Å². The maximum Gasteiger partial charge on any atom is 0.296 e. The van der Waals surface area contributed by atoms with E-state index in [0.717, 1.165) is 6.07 Å². The molecule has 12 heteroatoms. The topological polar surface area (TPSA) is 147 Å². The Kier molecular flexibility index (Phi) is 6.36. The molecule has 0 saturated heterocycles. The summed E-state index contributed by atoms with van der Waals surface area (Å²) in [5.41, 5.74) is -0.541. The van der Waals surface area contributed by atoms with Crippen LogP contribution in [0, 0.1) is 20.2 Å². The van der Waals surface area contributed by atoms with E-state index in [9.17, 15) is 25.0 Å². The van der Waals surface area contributed by atoms with Crippen LogP contribution >= 0.6 is 11.6 Å². The van der Waals surface area contributed by atoms with E-state index in [1.54, 1.807) is 0 Å². The third kappa shape index (κ3) is 5.08. The lowest BCUT2D eigenvalue weighted by atomic mass is 10.2. The van der Waals surface area contributed by atoms with Gasteiger partial charge in [0.25, 0.3) is 17.3 Å². The first-order valence-electron chi connectivity index (χ1n) is 8.57. The summed E-state index contributed by atoms with van der Waals surface area (Å²) < 4.78 is 15.8. The van der Waals surface area contributed by atoms with Crippen molar-refractivity contribution < 1.29 is 28.5 Å². The zero-order valence-electron chi connectivity index (χ0n) is 15.9. The number of halogens is 1. The molecule has 1 N–H and O–H groups in total. The zero-order chi connectivity index (χ0) is 22.5. The van der Waals surface area contributed by atoms with Crippen molar-refractivity contribution in [2.24, 2.45) is 0 Å². The number of nitro benzene ring substituents is 2. The van der Waals surface area contributed by atoms with Crippen LogP contribution in [-0.2, 0) is 6.61 Å². The first kappa shape index (κ1) is 21.6. The number of nitrogens with one attached hydrogen (secondary N) is 1. The van der Waals surface area contributed by atoms with Crippen LogP contribution in [0.25, 0.3) is 0 Å². The molecule has 0 radical (unpaired) electrons. The number of benzene rings is 2. The Balaban J connectivity index is 1.68. The number of amides is 1. The van der Waals surface area contributed by atoms with E-state index in [1.165, 1.54) is 49.6 Å². The lowest BCUT2D eigenvalue weighted by Crippen LogP contribution is -2.12. The zero-order valence-corrected chi connectivity index (χ0v) is 16.6. The highest BCUT2D eigenvalue weighted by Crippen LogP contribution is 2.31. The molecule has 0 spiro atoms. The Bertz CT molecular complexity index is 1160. The highest BCUT2D eigenvalue weighted by atomic mass is 35.5. The molecule has 0 fully saturated rings. The number of hydrogen-bond donors (Lipinski definition) is 1. The molecule has 0 bridgehead atoms. The van der Waals surface area contributed by atoms with Crippen LogP contribution < -0.4 is 14.8 Å². The summed E-state index contributed by atoms with van der Waals surface area (Å²) in [6, 6.07) is 10.6. The minimum Gasteiger partial charge on any atom is -0.496 e. The SMILES string of the molecule is COc1ccc(NC(=O)c2ccc(COc3ccc([N+](=O)[O-])cc3Cl)o2)c([N+](=O)[O-])c1. The number of carbonyl (C=O) groups excluding carboxylic acids is 1. The van der Waals surface area contributed by atoms with Crippen molar-refractivity contribution in [2.75, 3.05) is 12.4 Å². The molecule has 160 valence electrons. The molecule has 0 saturated carbocycles. The van der Waals surface area contributed by atoms with Gasteiger partial charge in [-0.3, -0.25) is 25.0 Å². The van der Waals surface area contributed by atoms with Crippen LogP contribution in [0.2, 0.25) is 5.02 Å². The van der Waals surface area contributed by atoms with E-state index in [-0.39, 0.29) is 51.7 Å². The van der Waals surface area contributed by atoms with Gasteiger partial charge in [0.2, 0.25) is 0 Å². The molecular formula is C19H14ClN3O8. The van der Waals surface area contributed by atoms with Gasteiger partial charge in [-0.15, -0.1) is 0 Å². The number of rotatable bonds is 8. The number of nitrogens with zero attached hydrogens (tertiary/aromatic N) is 2. The van der Waals surface area contributed by atoms with Gasteiger partial charge in [-0.05, 0) is 30.3 Å². The first-order valence-corrected chi connectivity index (χ1v) is 8.95. The summed E-state index contributed by atoms with van der Waals surface area (Å²) in [7, 11) is 1.37. The molecule has 0 atom stereocenters. The smallest absolute Gasteiger partial charge is 0.296 e. The lowest BCUT2D eigenvalue weighted by Gasteiger charge is -2.07. The number of methoxy groups -OCH3 is 1. The average molecular weight is 448 g/mol. The minimum atomic E-state index is -0.701. The van der Waals surface area contributed by atoms with E-state index in [4.69, 9.17) is 25.5 Å². The molecule has 3 aromatic rings. The Labute approximate surface area is 179 Å². The monoisotopic (exact) mass is 447 g/mol. The summed E-state index contributed by atoms with van der Waals surface area (Å²) >= 11 is 5.96. The van der Waals surface area contributed by atoms with Crippen LogP contribution in [-0.4, -0.2) is 22.9 Å². The molecular weight excluding hydrogens is 434 g/mol. The van der Waals surface area contributed by atoms with Gasteiger partial charge in [0.15, 0.2) is 5.76 Å². The largest absolute Gasteiger partial charge is 0.496 e. The molecule has 2 aromatic carbocycles. The van der Waals surface area contributed by atoms with Crippen LogP contribution in [0.4, 0.5) is 17.1 Å². The number of ether oxygens (including phenoxy) is 2. The minimum absolute atomic E-state index is 0.0253. The van der Waals surface area contributed by atoms with Crippen molar-refractivity contribution in [2.45, 2.75) is 6.61 Å². The molecule has 0 aliphatic rings. The van der Waals surface area contributed by atoms with E-state index < -0.39 is 15.8 Å². The average Bonchev–Trinajstić information content (AvgIpc) is 3.22. The lowest BCUT2D eigenvalue weighted by molar-refractivity contribution is -0.384. The third-order valence-electron chi connectivity index (χ3n) is 4.03. The van der Waals surface area contributed by atoms with Crippen molar-refractivity contribution in [3.63, 3.8) is 0 Å². The number of hydrogen-bond acceptors (Lipinski definition) is 8. The Morgan fingerprint density at radius 1 is 1.10 bits per heavy atom. The third-order valence-corrected chi connectivity index (χ3v) is 4.33. The first-order chi connectivity index (χ1) is 14.8. The van der Waals surface area contributed by atoms with Gasteiger partial charge in [-0.1, -0.05) is 11.6 Å². The fourth-order valence-corrected chi connectivity index (χ4v) is 2.76. The summed E-state index contributed by atoms with van der Waals surface area (Å²) in [4.78, 5) is 33.1. The van der Waals surface area contributed by atoms with Gasteiger partial charge in [0.1, 0.15) is 29.6 Å². The quantitative estimate of drug-likeness (QED) is 0.389. The highest BCUT2D eigenvalue weighted by Gasteiger charge is 2.20. The number of non-ortho nitro benzene ring substituents is 1. The van der Waals surface area contributed by atoms with Gasteiger partial charge < -0.3 is 19.2 Å². The van der Waals surface area contributed by atoms with Gasteiger partial charge in [0.05, 0.1) is 28.0 Å². The van der Waals surface area contributed by atoms with Crippen molar-refractivity contribution in [1.29, 1.82) is 0 Å². The predicted octanol–water partition coefficient (Wildman–Crippen LogP) is 4.59. The second kappa shape index (κ2) is 9.13. The van der Waals surface area contributed by atoms with E-state index in [1.807, 2.05) is 0 Å². The fourth-order valence-electron chi connectivity index (χ4n) is 2.53. The maximum absolute atomic E-state index is 12.4. The molecule has 1 amide bonds. The van der Waals surface area contributed by atoms with Crippen molar-refractivity contribution >= 4 is 34.6 Å².